The lowest BCUT2D eigenvalue weighted by Gasteiger charge is -2.71. The normalized spacial score (nSPS) is 42.1. The van der Waals surface area contributed by atoms with Crippen molar-refractivity contribution >= 4 is 41.8 Å². The molecule has 5 aliphatic carbocycles. The average Bonchev–Trinajstić information content (AvgIpc) is 3.26. The van der Waals surface area contributed by atoms with Crippen molar-refractivity contribution < 1.29 is 85.7 Å². The number of methoxy groups -OCH3 is 2. The molecule has 4 saturated carbocycles. The van der Waals surface area contributed by atoms with Gasteiger partial charge in [-0.3, -0.25) is 28.8 Å². The Bertz CT molecular complexity index is 2130. The van der Waals surface area contributed by atoms with Crippen LogP contribution in [-0.4, -0.2) is 124 Å². The van der Waals surface area contributed by atoms with E-state index in [0.29, 0.717) is 12.3 Å². The summed E-state index contributed by atoms with van der Waals surface area (Å²) >= 11 is 0. The summed E-state index contributed by atoms with van der Waals surface area (Å²) in [6.45, 7) is 21.7. The number of carbonyl (C=O) groups excluding carboxylic acids is 7. The Labute approximate surface area is 417 Å². The van der Waals surface area contributed by atoms with Gasteiger partial charge < -0.3 is 52.1 Å². The van der Waals surface area contributed by atoms with Crippen molar-refractivity contribution in [3.8, 4) is 0 Å². The SMILES string of the molecule is COC(=O)C1OC(OC2CCC3(C)C(CCC4(C)C3CC=C3C5CC(C)(C)CCC5(C(=O)OC)CCC34C)C2(C)C)C(OC(C)=O)C(OC(C)=O)C1OC1OCC(OC(C)=O)C(OC(C)=O)C1OC(C)=O. The molecule has 18 heteroatoms. The van der Waals surface area contributed by atoms with Crippen molar-refractivity contribution in [1.82, 2.24) is 0 Å². The summed E-state index contributed by atoms with van der Waals surface area (Å²) in [6, 6.07) is 0. The molecule has 6 fully saturated rings. The lowest BCUT2D eigenvalue weighted by molar-refractivity contribution is -0.356. The summed E-state index contributed by atoms with van der Waals surface area (Å²) in [5, 5.41) is 0. The van der Waals surface area contributed by atoms with Gasteiger partial charge in [-0.15, -0.1) is 0 Å². The summed E-state index contributed by atoms with van der Waals surface area (Å²) in [7, 11) is 2.66. The highest BCUT2D eigenvalue weighted by atomic mass is 16.8. The van der Waals surface area contributed by atoms with E-state index in [-0.39, 0.29) is 39.5 Å². The van der Waals surface area contributed by atoms with Crippen molar-refractivity contribution in [2.75, 3.05) is 20.8 Å². The van der Waals surface area contributed by atoms with Crippen LogP contribution < -0.4 is 0 Å². The molecule has 2 heterocycles. The lowest BCUT2D eigenvalue weighted by Crippen LogP contribution is -2.68. The first-order valence-electron chi connectivity index (χ1n) is 25.4. The Morgan fingerprint density at radius 1 is 0.592 bits per heavy atom. The van der Waals surface area contributed by atoms with E-state index in [1.54, 1.807) is 0 Å². The number of hydrogen-bond donors (Lipinski definition) is 0. The van der Waals surface area contributed by atoms with E-state index in [4.69, 9.17) is 52.1 Å². The third-order valence-corrected chi connectivity index (χ3v) is 18.6. The van der Waals surface area contributed by atoms with Crippen LogP contribution in [0.3, 0.4) is 0 Å². The maximum absolute atomic E-state index is 13.9. The van der Waals surface area contributed by atoms with Crippen molar-refractivity contribution in [2.24, 2.45) is 50.2 Å². The number of fused-ring (bicyclic) bond motifs is 7. The highest BCUT2D eigenvalue weighted by molar-refractivity contribution is 5.79. The monoisotopic (exact) mass is 1000 g/mol. The molecule has 398 valence electrons. The highest BCUT2D eigenvalue weighted by Gasteiger charge is 2.70. The Morgan fingerprint density at radius 3 is 1.76 bits per heavy atom. The number of esters is 7. The van der Waals surface area contributed by atoms with Gasteiger partial charge in [0.15, 0.2) is 49.2 Å². The number of ether oxygens (including phenoxy) is 11. The van der Waals surface area contributed by atoms with Gasteiger partial charge >= 0.3 is 41.8 Å². The molecule has 0 radical (unpaired) electrons. The van der Waals surface area contributed by atoms with E-state index in [9.17, 15) is 33.6 Å². The molecule has 0 aromatic carbocycles. The summed E-state index contributed by atoms with van der Waals surface area (Å²) in [5.74, 6) is -4.45. The summed E-state index contributed by atoms with van der Waals surface area (Å²) in [5.41, 5.74) is 0.237. The zero-order chi connectivity index (χ0) is 52.4. The van der Waals surface area contributed by atoms with Gasteiger partial charge in [0.1, 0.15) is 6.10 Å². The van der Waals surface area contributed by atoms with E-state index >= 15 is 0 Å². The maximum atomic E-state index is 13.9. The predicted octanol–water partition coefficient (Wildman–Crippen LogP) is 6.64. The van der Waals surface area contributed by atoms with Crippen molar-refractivity contribution in [3.05, 3.63) is 11.6 Å². The number of rotatable bonds is 11. The van der Waals surface area contributed by atoms with Crippen molar-refractivity contribution in [3.63, 3.8) is 0 Å². The van der Waals surface area contributed by atoms with Crippen LogP contribution in [0.4, 0.5) is 0 Å². The molecule has 0 N–H and O–H groups in total. The van der Waals surface area contributed by atoms with Crippen LogP contribution in [0.2, 0.25) is 0 Å². The largest absolute Gasteiger partial charge is 0.469 e. The number of carbonyl (C=O) groups is 7. The molecule has 17 atom stereocenters. The Balaban J connectivity index is 1.19. The zero-order valence-electron chi connectivity index (χ0n) is 44.2. The van der Waals surface area contributed by atoms with Crippen LogP contribution in [0.15, 0.2) is 11.6 Å². The highest BCUT2D eigenvalue weighted by Crippen LogP contribution is 2.76. The molecule has 0 amide bonds. The first-order valence-corrected chi connectivity index (χ1v) is 25.4. The Hall–Kier alpha value is -4.13. The second kappa shape index (κ2) is 20.0. The first-order chi connectivity index (χ1) is 33.1. The fourth-order valence-corrected chi connectivity index (χ4v) is 15.2. The molecule has 71 heavy (non-hydrogen) atoms. The van der Waals surface area contributed by atoms with E-state index in [1.807, 2.05) is 0 Å². The standard InChI is InChI=1S/C53H78O18/c1-27(54)64-34-26-63-45(42(67-30(4)57)38(34)65-28(2)55)70-39-40(66-29(3)56)43(68-31(5)58)46(71-41(39)44(59)61-13)69-37-18-19-50(10)35(49(37,8)9)17-20-52(12)36(50)16-15-32-33-25-48(6,7)21-23-53(33,47(60)62-14)24-22-51(32,52)11/h15,33-43,45-46H,16-26H2,1-14H3. The topological polar surface area (TPSA) is 221 Å². The molecule has 0 spiro atoms. The number of allylic oxidation sites excluding steroid dienone is 2. The minimum absolute atomic E-state index is 0.0566. The predicted molar refractivity (Wildman–Crippen MR) is 249 cm³/mol. The van der Waals surface area contributed by atoms with Gasteiger partial charge in [-0.25, -0.2) is 4.79 Å². The summed E-state index contributed by atoms with van der Waals surface area (Å²) in [6.07, 6.45) is -3.33. The first kappa shape index (κ1) is 54.6. The molecular weight excluding hydrogens is 925 g/mol. The molecule has 0 aromatic rings. The smallest absolute Gasteiger partial charge is 0.338 e. The molecular formula is C53H78O18. The van der Waals surface area contributed by atoms with Gasteiger partial charge in [-0.05, 0) is 109 Å². The Morgan fingerprint density at radius 2 is 1.17 bits per heavy atom. The van der Waals surface area contributed by atoms with Gasteiger partial charge in [-0.2, -0.15) is 0 Å². The quantitative estimate of drug-likeness (QED) is 0.0916. The third-order valence-electron chi connectivity index (χ3n) is 18.6. The van der Waals surface area contributed by atoms with E-state index < -0.39 is 115 Å². The molecule has 18 nitrogen and oxygen atoms in total. The second-order valence-electron chi connectivity index (χ2n) is 23.5. The minimum atomic E-state index is -1.72. The molecule has 2 saturated heterocycles. The molecule has 17 unspecified atom stereocenters. The molecule has 0 aromatic heterocycles. The van der Waals surface area contributed by atoms with Crippen LogP contribution in [-0.2, 0) is 85.7 Å². The lowest BCUT2D eigenvalue weighted by atomic mass is 9.33. The Kier molecular flexibility index (Phi) is 15.4. The molecule has 7 aliphatic rings. The average molecular weight is 1000 g/mol. The maximum Gasteiger partial charge on any atom is 0.338 e. The fourth-order valence-electron chi connectivity index (χ4n) is 15.2. The van der Waals surface area contributed by atoms with E-state index in [0.717, 1.165) is 92.6 Å². The number of hydrogen-bond acceptors (Lipinski definition) is 18. The van der Waals surface area contributed by atoms with Crippen molar-refractivity contribution in [1.29, 1.82) is 0 Å². The fraction of sp³-hybridized carbons (Fsp3) is 0.830. The molecule has 7 rings (SSSR count). The summed E-state index contributed by atoms with van der Waals surface area (Å²) in [4.78, 5) is 90.6. The van der Waals surface area contributed by atoms with Crippen LogP contribution in [0.5, 0.6) is 0 Å². The second-order valence-corrected chi connectivity index (χ2v) is 23.5. The van der Waals surface area contributed by atoms with Crippen LogP contribution in [0.25, 0.3) is 0 Å². The van der Waals surface area contributed by atoms with Gasteiger partial charge in [0.05, 0.1) is 32.3 Å². The zero-order valence-corrected chi connectivity index (χ0v) is 44.2. The third kappa shape index (κ3) is 9.77. The molecule has 0 bridgehead atoms. The van der Waals surface area contributed by atoms with Gasteiger partial charge in [-0.1, -0.05) is 60.1 Å². The van der Waals surface area contributed by atoms with Crippen LogP contribution in [0.1, 0.15) is 147 Å². The van der Waals surface area contributed by atoms with Gasteiger partial charge in [0.2, 0.25) is 0 Å². The van der Waals surface area contributed by atoms with E-state index in [2.05, 4.69) is 54.5 Å². The van der Waals surface area contributed by atoms with E-state index in [1.165, 1.54) is 19.6 Å². The van der Waals surface area contributed by atoms with Crippen LogP contribution in [0, 0.1) is 50.2 Å². The van der Waals surface area contributed by atoms with Crippen LogP contribution >= 0.6 is 0 Å². The van der Waals surface area contributed by atoms with Gasteiger partial charge in [0, 0.05) is 34.6 Å². The summed E-state index contributed by atoms with van der Waals surface area (Å²) < 4.78 is 64.8. The molecule has 2 aliphatic heterocycles. The van der Waals surface area contributed by atoms with Gasteiger partial charge in [0.25, 0.3) is 0 Å². The minimum Gasteiger partial charge on any atom is -0.469 e. The van der Waals surface area contributed by atoms with Crippen molar-refractivity contribution in [2.45, 2.75) is 209 Å².